The predicted octanol–water partition coefficient (Wildman–Crippen LogP) is 2.47. The van der Waals surface area contributed by atoms with E-state index in [0.29, 0.717) is 18.2 Å². The van der Waals surface area contributed by atoms with Gasteiger partial charge in [0.1, 0.15) is 0 Å². The number of anilines is 1. The Balaban J connectivity index is 1.82. The molecule has 0 saturated carbocycles. The molecular weight excluding hydrogens is 276 g/mol. The van der Waals surface area contributed by atoms with E-state index in [2.05, 4.69) is 10.3 Å². The largest absolute Gasteiger partial charge is 0.479 e. The molecule has 1 aliphatic rings. The molecule has 0 aliphatic carbocycles. The summed E-state index contributed by atoms with van der Waals surface area (Å²) in [6, 6.07) is 9.80. The lowest BCUT2D eigenvalue weighted by Gasteiger charge is -2.22. The number of carboxylic acids is 1. The zero-order chi connectivity index (χ0) is 14.0. The third kappa shape index (κ3) is 2.39. The second kappa shape index (κ2) is 5.22. The van der Waals surface area contributed by atoms with Gasteiger partial charge in [0.05, 0.1) is 12.3 Å². The molecule has 2 aromatic rings. The Kier molecular flexibility index (Phi) is 3.42. The number of hydrogen-bond donors (Lipinski definition) is 2. The highest BCUT2D eigenvalue weighted by atomic mass is 32.1. The van der Waals surface area contributed by atoms with Crippen LogP contribution in [0.4, 0.5) is 5.13 Å². The molecule has 1 atom stereocenters. The molecule has 1 aromatic carbocycles. The summed E-state index contributed by atoms with van der Waals surface area (Å²) in [4.78, 5) is 15.9. The van der Waals surface area contributed by atoms with E-state index in [-0.39, 0.29) is 6.61 Å². The predicted molar refractivity (Wildman–Crippen MR) is 77.0 cm³/mol. The molecule has 3 rings (SSSR count). The molecule has 104 valence electrons. The smallest absolute Gasteiger partial charge is 0.331 e. The van der Waals surface area contributed by atoms with Crippen LogP contribution < -0.4 is 5.32 Å². The Labute approximate surface area is 120 Å². The third-order valence-corrected chi connectivity index (χ3v) is 4.11. The van der Waals surface area contributed by atoms with Crippen LogP contribution in [0.5, 0.6) is 0 Å². The first kappa shape index (κ1) is 13.1. The van der Waals surface area contributed by atoms with Crippen molar-refractivity contribution in [1.29, 1.82) is 0 Å². The second-order valence-corrected chi connectivity index (χ2v) is 5.58. The van der Waals surface area contributed by atoms with Crippen molar-refractivity contribution in [3.05, 3.63) is 35.7 Å². The topological polar surface area (TPSA) is 71.5 Å². The van der Waals surface area contributed by atoms with Gasteiger partial charge >= 0.3 is 5.97 Å². The van der Waals surface area contributed by atoms with Crippen molar-refractivity contribution in [2.24, 2.45) is 0 Å². The zero-order valence-corrected chi connectivity index (χ0v) is 11.5. The van der Waals surface area contributed by atoms with Crippen molar-refractivity contribution < 1.29 is 14.6 Å². The molecule has 0 spiro atoms. The van der Waals surface area contributed by atoms with Gasteiger partial charge in [0, 0.05) is 24.0 Å². The lowest BCUT2D eigenvalue weighted by Crippen LogP contribution is -2.46. The number of nitrogens with one attached hydrogen (secondary N) is 1. The number of ether oxygens (including phenoxy) is 1. The number of carboxylic acid groups (broad SMARTS) is 1. The van der Waals surface area contributed by atoms with Crippen LogP contribution in [-0.4, -0.2) is 34.8 Å². The average Bonchev–Trinajstić information content (AvgIpc) is 3.10. The second-order valence-electron chi connectivity index (χ2n) is 4.72. The minimum absolute atomic E-state index is 0.169. The fourth-order valence-electron chi connectivity index (χ4n) is 2.16. The number of thiazole rings is 1. The number of rotatable bonds is 4. The van der Waals surface area contributed by atoms with Crippen molar-refractivity contribution in [2.75, 3.05) is 18.5 Å². The summed E-state index contributed by atoms with van der Waals surface area (Å²) in [5.41, 5.74) is 0.813. The Morgan fingerprint density at radius 1 is 1.40 bits per heavy atom. The van der Waals surface area contributed by atoms with E-state index in [1.165, 1.54) is 11.3 Å². The van der Waals surface area contributed by atoms with Gasteiger partial charge in [0.15, 0.2) is 10.7 Å². The molecule has 1 unspecified atom stereocenters. The zero-order valence-electron chi connectivity index (χ0n) is 10.7. The van der Waals surface area contributed by atoms with Crippen molar-refractivity contribution >= 4 is 22.4 Å². The van der Waals surface area contributed by atoms with E-state index in [0.717, 1.165) is 11.3 Å². The van der Waals surface area contributed by atoms with E-state index in [4.69, 9.17) is 4.74 Å². The van der Waals surface area contributed by atoms with Crippen LogP contribution in [0.2, 0.25) is 0 Å². The van der Waals surface area contributed by atoms with E-state index < -0.39 is 11.5 Å². The summed E-state index contributed by atoms with van der Waals surface area (Å²) >= 11 is 1.41. The summed E-state index contributed by atoms with van der Waals surface area (Å²) < 4.78 is 5.22. The molecule has 1 saturated heterocycles. The summed E-state index contributed by atoms with van der Waals surface area (Å²) in [6.45, 7) is 0.624. The van der Waals surface area contributed by atoms with Crippen LogP contribution in [0, 0.1) is 0 Å². The van der Waals surface area contributed by atoms with E-state index in [1.807, 2.05) is 35.7 Å². The number of nitrogens with zero attached hydrogens (tertiary/aromatic N) is 1. The minimum atomic E-state index is -1.05. The number of carbonyl (C=O) groups is 1. The quantitative estimate of drug-likeness (QED) is 0.905. The van der Waals surface area contributed by atoms with E-state index >= 15 is 0 Å². The molecule has 2 N–H and O–H groups in total. The van der Waals surface area contributed by atoms with Gasteiger partial charge in [-0.05, 0) is 0 Å². The van der Waals surface area contributed by atoms with Crippen molar-refractivity contribution in [1.82, 2.24) is 4.98 Å². The van der Waals surface area contributed by atoms with Crippen LogP contribution in [-0.2, 0) is 9.53 Å². The highest BCUT2D eigenvalue weighted by molar-refractivity contribution is 7.14. The Hall–Kier alpha value is -1.92. The molecule has 0 bridgehead atoms. The Morgan fingerprint density at radius 2 is 2.20 bits per heavy atom. The van der Waals surface area contributed by atoms with Crippen LogP contribution in [0.1, 0.15) is 6.42 Å². The molecule has 0 radical (unpaired) electrons. The van der Waals surface area contributed by atoms with Crippen LogP contribution in [0.3, 0.4) is 0 Å². The molecule has 2 heterocycles. The summed E-state index contributed by atoms with van der Waals surface area (Å²) in [6.07, 6.45) is 0.447. The molecule has 5 nitrogen and oxygen atoms in total. The van der Waals surface area contributed by atoms with Gasteiger partial charge in [-0.15, -0.1) is 11.3 Å². The van der Waals surface area contributed by atoms with Gasteiger partial charge in [0.2, 0.25) is 0 Å². The van der Waals surface area contributed by atoms with Gasteiger partial charge < -0.3 is 15.2 Å². The van der Waals surface area contributed by atoms with Crippen LogP contribution in [0.25, 0.3) is 11.3 Å². The number of aliphatic carboxylic acids is 1. The molecule has 6 heteroatoms. The fourth-order valence-corrected chi connectivity index (χ4v) is 2.98. The first-order chi connectivity index (χ1) is 9.70. The van der Waals surface area contributed by atoms with Crippen LogP contribution in [0.15, 0.2) is 35.7 Å². The highest BCUT2D eigenvalue weighted by Gasteiger charge is 2.43. The van der Waals surface area contributed by atoms with Crippen LogP contribution >= 0.6 is 11.3 Å². The maximum Gasteiger partial charge on any atom is 0.331 e. The summed E-state index contributed by atoms with van der Waals surface area (Å²) in [7, 11) is 0. The van der Waals surface area contributed by atoms with Gasteiger partial charge in [-0.2, -0.15) is 0 Å². The van der Waals surface area contributed by atoms with Crippen molar-refractivity contribution in [3.8, 4) is 11.3 Å². The monoisotopic (exact) mass is 290 g/mol. The van der Waals surface area contributed by atoms with Gasteiger partial charge in [-0.1, -0.05) is 30.3 Å². The third-order valence-electron chi connectivity index (χ3n) is 3.35. The lowest BCUT2D eigenvalue weighted by molar-refractivity contribution is -0.142. The molecule has 1 aromatic heterocycles. The first-order valence-corrected chi connectivity index (χ1v) is 7.18. The van der Waals surface area contributed by atoms with Crippen molar-refractivity contribution in [2.45, 2.75) is 12.0 Å². The molecule has 20 heavy (non-hydrogen) atoms. The highest BCUT2D eigenvalue weighted by Crippen LogP contribution is 2.29. The molecular formula is C14H14N2O3S. The molecule has 1 aliphatic heterocycles. The summed E-state index contributed by atoms with van der Waals surface area (Å²) in [5, 5.41) is 14.9. The Morgan fingerprint density at radius 3 is 2.85 bits per heavy atom. The number of benzene rings is 1. The minimum Gasteiger partial charge on any atom is -0.479 e. The average molecular weight is 290 g/mol. The lowest BCUT2D eigenvalue weighted by atomic mass is 10.00. The SMILES string of the molecule is O=C(O)C1(Nc2nc(-c3ccccc3)cs2)CCOC1. The van der Waals surface area contributed by atoms with Gasteiger partial charge in [0.25, 0.3) is 0 Å². The van der Waals surface area contributed by atoms with E-state index in [1.54, 1.807) is 0 Å². The Bertz CT molecular complexity index is 606. The molecule has 0 amide bonds. The maximum atomic E-state index is 11.4. The van der Waals surface area contributed by atoms with Crippen molar-refractivity contribution in [3.63, 3.8) is 0 Å². The van der Waals surface area contributed by atoms with E-state index in [9.17, 15) is 9.90 Å². The normalized spacial score (nSPS) is 21.8. The first-order valence-electron chi connectivity index (χ1n) is 6.30. The number of aromatic nitrogens is 1. The number of hydrogen-bond acceptors (Lipinski definition) is 5. The standard InChI is InChI=1S/C14H14N2O3S/c17-12(18)14(6-7-19-9-14)16-13-15-11(8-20-13)10-4-2-1-3-5-10/h1-5,8H,6-7,9H2,(H,15,16)(H,17,18). The fraction of sp³-hybridized carbons (Fsp3) is 0.286. The van der Waals surface area contributed by atoms with Gasteiger partial charge in [-0.25, -0.2) is 9.78 Å². The summed E-state index contributed by atoms with van der Waals surface area (Å²) in [5.74, 6) is -0.897. The maximum absolute atomic E-state index is 11.4. The molecule has 1 fully saturated rings. The van der Waals surface area contributed by atoms with Gasteiger partial charge in [-0.3, -0.25) is 0 Å².